The number of nitrogens with zero attached hydrogens (tertiary/aromatic N) is 1. The van der Waals surface area contributed by atoms with Gasteiger partial charge < -0.3 is 10.5 Å². The maximum absolute atomic E-state index is 11.4. The molecule has 0 fully saturated rings. The van der Waals surface area contributed by atoms with Gasteiger partial charge in [0.15, 0.2) is 5.78 Å². The van der Waals surface area contributed by atoms with Crippen molar-refractivity contribution in [2.45, 2.75) is 6.92 Å². The molecule has 0 aliphatic rings. The van der Waals surface area contributed by atoms with Crippen LogP contribution in [0.2, 0.25) is 0 Å². The largest absolute Gasteiger partial charge is 0.465 e. The fourth-order valence-corrected chi connectivity index (χ4v) is 1.21. The average molecular weight is 220 g/mol. The molecule has 5 nitrogen and oxygen atoms in total. The standard InChI is InChI=1S/C11H12N2O3/c1-7(14)9(11(15)16-2)10(12)8-4-3-5-13-6-8/h3-6H,12H2,1-2H3. The highest BCUT2D eigenvalue weighted by molar-refractivity contribution is 6.21. The van der Waals surface area contributed by atoms with E-state index in [-0.39, 0.29) is 11.3 Å². The van der Waals surface area contributed by atoms with E-state index >= 15 is 0 Å². The smallest absolute Gasteiger partial charge is 0.343 e. The van der Waals surface area contributed by atoms with Gasteiger partial charge in [0.1, 0.15) is 5.57 Å². The van der Waals surface area contributed by atoms with Gasteiger partial charge in [0, 0.05) is 18.0 Å². The van der Waals surface area contributed by atoms with Crippen molar-refractivity contribution in [2.24, 2.45) is 5.73 Å². The molecule has 1 rings (SSSR count). The van der Waals surface area contributed by atoms with Gasteiger partial charge >= 0.3 is 5.97 Å². The van der Waals surface area contributed by atoms with Gasteiger partial charge in [-0.05, 0) is 19.1 Å². The van der Waals surface area contributed by atoms with E-state index in [4.69, 9.17) is 5.73 Å². The van der Waals surface area contributed by atoms with Crippen molar-refractivity contribution in [3.05, 3.63) is 35.7 Å². The van der Waals surface area contributed by atoms with E-state index in [9.17, 15) is 9.59 Å². The number of rotatable bonds is 3. The van der Waals surface area contributed by atoms with E-state index in [0.29, 0.717) is 5.56 Å². The molecule has 2 N–H and O–H groups in total. The molecule has 1 aromatic rings. The molecule has 16 heavy (non-hydrogen) atoms. The van der Waals surface area contributed by atoms with Crippen molar-refractivity contribution in [1.82, 2.24) is 4.98 Å². The van der Waals surface area contributed by atoms with E-state index in [1.807, 2.05) is 0 Å². The fourth-order valence-electron chi connectivity index (χ4n) is 1.21. The molecule has 5 heteroatoms. The monoisotopic (exact) mass is 220 g/mol. The Kier molecular flexibility index (Phi) is 3.77. The Balaban J connectivity index is 3.28. The Morgan fingerprint density at radius 3 is 2.56 bits per heavy atom. The van der Waals surface area contributed by atoms with Gasteiger partial charge in [-0.25, -0.2) is 4.79 Å². The number of hydrogen-bond donors (Lipinski definition) is 1. The van der Waals surface area contributed by atoms with Crippen molar-refractivity contribution in [3.63, 3.8) is 0 Å². The van der Waals surface area contributed by atoms with Crippen LogP contribution in [-0.4, -0.2) is 23.8 Å². The third-order valence-electron chi connectivity index (χ3n) is 1.98. The van der Waals surface area contributed by atoms with Gasteiger partial charge in [-0.2, -0.15) is 0 Å². The van der Waals surface area contributed by atoms with Crippen LogP contribution in [0.4, 0.5) is 0 Å². The summed E-state index contributed by atoms with van der Waals surface area (Å²) >= 11 is 0. The van der Waals surface area contributed by atoms with Crippen molar-refractivity contribution < 1.29 is 14.3 Å². The minimum atomic E-state index is -0.742. The van der Waals surface area contributed by atoms with Crippen LogP contribution in [0.15, 0.2) is 30.1 Å². The molecule has 0 saturated carbocycles. The molecule has 0 atom stereocenters. The van der Waals surface area contributed by atoms with Gasteiger partial charge in [-0.1, -0.05) is 0 Å². The lowest BCUT2D eigenvalue weighted by Gasteiger charge is -2.06. The van der Waals surface area contributed by atoms with Gasteiger partial charge in [0.25, 0.3) is 0 Å². The van der Waals surface area contributed by atoms with Crippen LogP contribution in [0, 0.1) is 0 Å². The zero-order valence-corrected chi connectivity index (χ0v) is 9.06. The van der Waals surface area contributed by atoms with E-state index in [1.54, 1.807) is 18.3 Å². The summed E-state index contributed by atoms with van der Waals surface area (Å²) < 4.78 is 4.50. The SMILES string of the molecule is COC(=O)C(C(C)=O)=C(N)c1cccnc1. The van der Waals surface area contributed by atoms with Gasteiger partial charge in [0.2, 0.25) is 0 Å². The second-order valence-corrected chi connectivity index (χ2v) is 3.08. The number of methoxy groups -OCH3 is 1. The summed E-state index contributed by atoms with van der Waals surface area (Å²) in [7, 11) is 1.20. The maximum atomic E-state index is 11.4. The molecule has 0 saturated heterocycles. The highest BCUT2D eigenvalue weighted by atomic mass is 16.5. The Morgan fingerprint density at radius 2 is 2.12 bits per heavy atom. The van der Waals surface area contributed by atoms with Crippen LogP contribution >= 0.6 is 0 Å². The third kappa shape index (κ3) is 2.44. The third-order valence-corrected chi connectivity index (χ3v) is 1.98. The molecule has 0 bridgehead atoms. The Labute approximate surface area is 92.9 Å². The number of esters is 1. The predicted molar refractivity (Wildman–Crippen MR) is 58.0 cm³/mol. The van der Waals surface area contributed by atoms with Crippen LogP contribution in [0.3, 0.4) is 0 Å². The van der Waals surface area contributed by atoms with Crippen molar-refractivity contribution in [2.75, 3.05) is 7.11 Å². The van der Waals surface area contributed by atoms with Crippen LogP contribution in [0.1, 0.15) is 12.5 Å². The molecular weight excluding hydrogens is 208 g/mol. The summed E-state index contributed by atoms with van der Waals surface area (Å²) in [5, 5.41) is 0. The number of hydrogen-bond acceptors (Lipinski definition) is 5. The van der Waals surface area contributed by atoms with E-state index < -0.39 is 11.8 Å². The lowest BCUT2D eigenvalue weighted by Crippen LogP contribution is -2.17. The summed E-state index contributed by atoms with van der Waals surface area (Å²) in [4.78, 5) is 26.5. The number of Topliss-reactive ketones (excluding diaryl/α,β-unsaturated/α-hetero) is 1. The molecule has 0 radical (unpaired) electrons. The zero-order valence-electron chi connectivity index (χ0n) is 9.06. The number of aromatic nitrogens is 1. The van der Waals surface area contributed by atoms with Gasteiger partial charge in [0.05, 0.1) is 12.8 Å². The first-order chi connectivity index (χ1) is 7.57. The van der Waals surface area contributed by atoms with Crippen LogP contribution in [0.5, 0.6) is 0 Å². The molecule has 1 aromatic heterocycles. The van der Waals surface area contributed by atoms with Crippen LogP contribution in [-0.2, 0) is 14.3 Å². The number of carbonyl (C=O) groups excluding carboxylic acids is 2. The summed E-state index contributed by atoms with van der Waals surface area (Å²) in [6.45, 7) is 1.26. The van der Waals surface area contributed by atoms with E-state index in [0.717, 1.165) is 0 Å². The highest BCUT2D eigenvalue weighted by Gasteiger charge is 2.19. The molecule has 0 spiro atoms. The predicted octanol–water partition coefficient (Wildman–Crippen LogP) is 0.513. The summed E-state index contributed by atoms with van der Waals surface area (Å²) in [6, 6.07) is 3.32. The minimum absolute atomic E-state index is 0.0763. The molecule has 0 aliphatic heterocycles. The molecule has 0 unspecified atom stereocenters. The van der Waals surface area contributed by atoms with Crippen LogP contribution < -0.4 is 5.73 Å². The summed E-state index contributed by atoms with van der Waals surface area (Å²) in [6.07, 6.45) is 3.05. The summed E-state index contributed by atoms with van der Waals surface area (Å²) in [5.41, 5.74) is 6.17. The molecular formula is C11H12N2O3. The second-order valence-electron chi connectivity index (χ2n) is 3.08. The fraction of sp³-hybridized carbons (Fsp3) is 0.182. The van der Waals surface area contributed by atoms with E-state index in [1.165, 1.54) is 20.2 Å². The number of carbonyl (C=O) groups is 2. The maximum Gasteiger partial charge on any atom is 0.343 e. The first kappa shape index (κ1) is 11.9. The Bertz CT molecular complexity index is 438. The molecule has 84 valence electrons. The first-order valence-corrected chi connectivity index (χ1v) is 4.57. The molecule has 0 aromatic carbocycles. The van der Waals surface area contributed by atoms with Gasteiger partial charge in [-0.15, -0.1) is 0 Å². The Morgan fingerprint density at radius 1 is 1.44 bits per heavy atom. The number of pyridine rings is 1. The topological polar surface area (TPSA) is 82.3 Å². The van der Waals surface area contributed by atoms with Crippen molar-refractivity contribution >= 4 is 17.4 Å². The van der Waals surface area contributed by atoms with Gasteiger partial charge in [-0.3, -0.25) is 9.78 Å². The summed E-state index contributed by atoms with van der Waals surface area (Å²) in [5.74, 6) is -1.18. The number of ether oxygens (including phenoxy) is 1. The number of ketones is 1. The quantitative estimate of drug-likeness (QED) is 0.347. The average Bonchev–Trinajstić information content (AvgIpc) is 2.29. The Hall–Kier alpha value is -2.17. The normalized spacial score (nSPS) is 11.6. The molecule has 0 amide bonds. The van der Waals surface area contributed by atoms with Crippen LogP contribution in [0.25, 0.3) is 5.70 Å². The lowest BCUT2D eigenvalue weighted by molar-refractivity contribution is -0.137. The minimum Gasteiger partial charge on any atom is -0.465 e. The second kappa shape index (κ2) is 5.06. The van der Waals surface area contributed by atoms with Crippen molar-refractivity contribution in [1.29, 1.82) is 0 Å². The zero-order chi connectivity index (χ0) is 12.1. The lowest BCUT2D eigenvalue weighted by atomic mass is 10.1. The molecule has 0 aliphatic carbocycles. The molecule has 1 heterocycles. The highest BCUT2D eigenvalue weighted by Crippen LogP contribution is 2.14. The van der Waals surface area contributed by atoms with Crippen molar-refractivity contribution in [3.8, 4) is 0 Å². The first-order valence-electron chi connectivity index (χ1n) is 4.57. The number of nitrogens with two attached hydrogens (primary N) is 1. The van der Waals surface area contributed by atoms with E-state index in [2.05, 4.69) is 9.72 Å².